The van der Waals surface area contributed by atoms with Crippen molar-refractivity contribution in [2.24, 2.45) is 5.41 Å². The summed E-state index contributed by atoms with van der Waals surface area (Å²) in [5, 5.41) is 14.0. The fourth-order valence-corrected chi connectivity index (χ4v) is 4.18. The molecule has 2 rings (SSSR count). The molecule has 0 spiro atoms. The highest BCUT2D eigenvalue weighted by Gasteiger charge is 2.33. The van der Waals surface area contributed by atoms with Crippen LogP contribution in [0.15, 0.2) is 24.3 Å². The van der Waals surface area contributed by atoms with Crippen molar-refractivity contribution in [2.75, 3.05) is 33.4 Å². The zero-order valence-electron chi connectivity index (χ0n) is 13.7. The molecule has 8 nitrogen and oxygen atoms in total. The van der Waals surface area contributed by atoms with E-state index in [0.29, 0.717) is 18.7 Å². The summed E-state index contributed by atoms with van der Waals surface area (Å²) < 4.78 is 32.6. The van der Waals surface area contributed by atoms with Crippen molar-refractivity contribution in [1.29, 1.82) is 0 Å². The van der Waals surface area contributed by atoms with Crippen LogP contribution in [0.3, 0.4) is 0 Å². The SMILES string of the molecule is COCC1(CNS(=O)(=O)Cc2cccc([N+](=O)[O-])c2)CCNCC1. The Labute approximate surface area is 141 Å². The smallest absolute Gasteiger partial charge is 0.269 e. The van der Waals surface area contributed by atoms with Crippen LogP contribution < -0.4 is 10.0 Å². The number of nitrogens with zero attached hydrogens (tertiary/aromatic N) is 1. The van der Waals surface area contributed by atoms with Gasteiger partial charge in [-0.2, -0.15) is 0 Å². The van der Waals surface area contributed by atoms with Gasteiger partial charge >= 0.3 is 0 Å². The summed E-state index contributed by atoms with van der Waals surface area (Å²) in [5.41, 5.74) is 0.0650. The van der Waals surface area contributed by atoms with E-state index in [1.54, 1.807) is 13.2 Å². The van der Waals surface area contributed by atoms with Gasteiger partial charge in [0.1, 0.15) is 0 Å². The summed E-state index contributed by atoms with van der Waals surface area (Å²) in [5.74, 6) is -0.282. The zero-order chi connectivity index (χ0) is 17.6. The summed E-state index contributed by atoms with van der Waals surface area (Å²) in [6, 6.07) is 5.69. The van der Waals surface area contributed by atoms with Gasteiger partial charge in [0, 0.05) is 31.2 Å². The predicted octanol–water partition coefficient (Wildman–Crippen LogP) is 1.03. The molecule has 134 valence electrons. The molecule has 24 heavy (non-hydrogen) atoms. The lowest BCUT2D eigenvalue weighted by atomic mass is 9.80. The zero-order valence-corrected chi connectivity index (χ0v) is 14.5. The summed E-state index contributed by atoms with van der Waals surface area (Å²) in [6.07, 6.45) is 1.67. The maximum atomic E-state index is 12.3. The van der Waals surface area contributed by atoms with E-state index < -0.39 is 14.9 Å². The van der Waals surface area contributed by atoms with Crippen molar-refractivity contribution in [3.8, 4) is 0 Å². The molecule has 1 heterocycles. The van der Waals surface area contributed by atoms with Gasteiger partial charge in [0.2, 0.25) is 10.0 Å². The number of sulfonamides is 1. The van der Waals surface area contributed by atoms with Crippen molar-refractivity contribution in [1.82, 2.24) is 10.0 Å². The van der Waals surface area contributed by atoms with Gasteiger partial charge in [-0.1, -0.05) is 12.1 Å². The highest BCUT2D eigenvalue weighted by Crippen LogP contribution is 2.28. The number of piperidine rings is 1. The minimum Gasteiger partial charge on any atom is -0.384 e. The number of methoxy groups -OCH3 is 1. The second-order valence-electron chi connectivity index (χ2n) is 6.19. The summed E-state index contributed by atoms with van der Waals surface area (Å²) in [7, 11) is -1.97. The highest BCUT2D eigenvalue weighted by atomic mass is 32.2. The normalized spacial score (nSPS) is 17.5. The summed E-state index contributed by atoms with van der Waals surface area (Å²) in [6.45, 7) is 2.46. The lowest BCUT2D eigenvalue weighted by molar-refractivity contribution is -0.384. The van der Waals surface area contributed by atoms with Gasteiger partial charge in [-0.05, 0) is 31.5 Å². The first-order chi connectivity index (χ1) is 11.4. The number of nitro groups is 1. The monoisotopic (exact) mass is 357 g/mol. The van der Waals surface area contributed by atoms with Crippen LogP contribution in [0.5, 0.6) is 0 Å². The molecule has 0 bridgehead atoms. The van der Waals surface area contributed by atoms with E-state index in [-0.39, 0.29) is 16.9 Å². The minimum atomic E-state index is -3.58. The number of nitro benzene ring substituents is 1. The van der Waals surface area contributed by atoms with Crippen LogP contribution >= 0.6 is 0 Å². The Bertz CT molecular complexity index is 666. The van der Waals surface area contributed by atoms with Gasteiger partial charge in [-0.3, -0.25) is 10.1 Å². The van der Waals surface area contributed by atoms with Gasteiger partial charge < -0.3 is 10.1 Å². The number of hydrogen-bond donors (Lipinski definition) is 2. The topological polar surface area (TPSA) is 111 Å². The largest absolute Gasteiger partial charge is 0.384 e. The van der Waals surface area contributed by atoms with Crippen LogP contribution in [0, 0.1) is 15.5 Å². The number of non-ortho nitro benzene ring substituents is 1. The van der Waals surface area contributed by atoms with E-state index in [2.05, 4.69) is 10.0 Å². The lowest BCUT2D eigenvalue weighted by Crippen LogP contribution is -2.47. The number of hydrogen-bond acceptors (Lipinski definition) is 6. The maximum absolute atomic E-state index is 12.3. The number of ether oxygens (including phenoxy) is 1. The molecule has 9 heteroatoms. The van der Waals surface area contributed by atoms with E-state index in [0.717, 1.165) is 25.9 Å². The summed E-state index contributed by atoms with van der Waals surface area (Å²) >= 11 is 0. The highest BCUT2D eigenvalue weighted by molar-refractivity contribution is 7.88. The molecular weight excluding hydrogens is 334 g/mol. The van der Waals surface area contributed by atoms with Gasteiger partial charge in [-0.25, -0.2) is 13.1 Å². The molecule has 0 aliphatic carbocycles. The van der Waals surface area contributed by atoms with Crippen molar-refractivity contribution in [3.05, 3.63) is 39.9 Å². The Balaban J connectivity index is 2.02. The van der Waals surface area contributed by atoms with E-state index >= 15 is 0 Å². The van der Waals surface area contributed by atoms with Gasteiger partial charge in [0.15, 0.2) is 0 Å². The average molecular weight is 357 g/mol. The van der Waals surface area contributed by atoms with Gasteiger partial charge in [0.25, 0.3) is 5.69 Å². The summed E-state index contributed by atoms with van der Waals surface area (Å²) in [4.78, 5) is 10.3. The first kappa shape index (κ1) is 18.8. The van der Waals surface area contributed by atoms with E-state index in [4.69, 9.17) is 4.74 Å². The minimum absolute atomic E-state index is 0.114. The third-order valence-electron chi connectivity index (χ3n) is 4.26. The van der Waals surface area contributed by atoms with Crippen LogP contribution in [0.2, 0.25) is 0 Å². The molecule has 0 radical (unpaired) electrons. The Morgan fingerprint density at radius 2 is 2.08 bits per heavy atom. The second-order valence-corrected chi connectivity index (χ2v) is 8.00. The van der Waals surface area contributed by atoms with E-state index in [9.17, 15) is 18.5 Å². The fourth-order valence-electron chi connectivity index (χ4n) is 2.93. The van der Waals surface area contributed by atoms with E-state index in [1.165, 1.54) is 18.2 Å². The van der Waals surface area contributed by atoms with Crippen molar-refractivity contribution < 1.29 is 18.1 Å². The average Bonchev–Trinajstić information content (AvgIpc) is 2.54. The third-order valence-corrected chi connectivity index (χ3v) is 5.56. The molecule has 1 aliphatic heterocycles. The van der Waals surface area contributed by atoms with Crippen LogP contribution in [0.1, 0.15) is 18.4 Å². The van der Waals surface area contributed by atoms with E-state index in [1.807, 2.05) is 0 Å². The fraction of sp³-hybridized carbons (Fsp3) is 0.600. The molecule has 1 aliphatic rings. The van der Waals surface area contributed by atoms with Crippen LogP contribution in [0.25, 0.3) is 0 Å². The molecule has 0 aromatic heterocycles. The number of nitrogens with one attached hydrogen (secondary N) is 2. The second kappa shape index (κ2) is 8.02. The van der Waals surface area contributed by atoms with Gasteiger partial charge in [-0.15, -0.1) is 0 Å². The molecule has 1 aromatic carbocycles. The molecule has 1 saturated heterocycles. The number of benzene rings is 1. The van der Waals surface area contributed by atoms with Crippen LogP contribution in [0.4, 0.5) is 5.69 Å². The maximum Gasteiger partial charge on any atom is 0.269 e. The molecule has 1 aromatic rings. The molecule has 0 amide bonds. The molecule has 0 atom stereocenters. The molecule has 1 fully saturated rings. The molecule has 0 saturated carbocycles. The van der Waals surface area contributed by atoms with Crippen LogP contribution in [-0.2, 0) is 20.5 Å². The molecule has 0 unspecified atom stereocenters. The Morgan fingerprint density at radius 3 is 2.71 bits per heavy atom. The van der Waals surface area contributed by atoms with Crippen molar-refractivity contribution in [3.63, 3.8) is 0 Å². The van der Waals surface area contributed by atoms with Crippen molar-refractivity contribution >= 4 is 15.7 Å². The Kier molecular flexibility index (Phi) is 6.27. The predicted molar refractivity (Wildman–Crippen MR) is 90.1 cm³/mol. The van der Waals surface area contributed by atoms with Crippen molar-refractivity contribution in [2.45, 2.75) is 18.6 Å². The first-order valence-electron chi connectivity index (χ1n) is 7.76. The quantitative estimate of drug-likeness (QED) is 0.531. The molecule has 2 N–H and O–H groups in total. The standard InChI is InChI=1S/C15H23N3O5S/c1-23-12-15(5-7-16-8-6-15)11-17-24(21,22)10-13-3-2-4-14(9-13)18(19)20/h2-4,9,16-17H,5-8,10-12H2,1H3. The Hall–Kier alpha value is -1.55. The number of rotatable bonds is 8. The first-order valence-corrected chi connectivity index (χ1v) is 9.41. The Morgan fingerprint density at radius 1 is 1.38 bits per heavy atom. The molecular formula is C15H23N3O5S. The van der Waals surface area contributed by atoms with Crippen LogP contribution in [-0.4, -0.2) is 46.7 Å². The lowest BCUT2D eigenvalue weighted by Gasteiger charge is -2.37. The van der Waals surface area contributed by atoms with Gasteiger partial charge in [0.05, 0.1) is 17.3 Å². The third kappa shape index (κ3) is 5.23.